The number of benzene rings is 1. The molecule has 0 fully saturated rings. The van der Waals surface area contributed by atoms with Crippen molar-refractivity contribution >= 4 is 28.3 Å². The molecule has 0 aliphatic carbocycles. The molecule has 0 saturated carbocycles. The van der Waals surface area contributed by atoms with E-state index in [0.29, 0.717) is 23.6 Å². The van der Waals surface area contributed by atoms with E-state index in [9.17, 15) is 4.79 Å². The van der Waals surface area contributed by atoms with Crippen molar-refractivity contribution < 1.29 is 9.21 Å². The number of carbonyl (C=O) groups is 1. The van der Waals surface area contributed by atoms with Crippen LogP contribution < -0.4 is 5.32 Å². The standard InChI is InChI=1S/C17H19N3O2S/c1-10(2)17-20-13-8-12(4-5-14(13)22-17)16(21)18-7-6-15-11(3)19-9-23-15/h4-5,8-10H,6-7H2,1-3H3,(H,18,21). The van der Waals surface area contributed by atoms with E-state index in [0.717, 1.165) is 17.6 Å². The fraction of sp³-hybridized carbons (Fsp3) is 0.353. The zero-order chi connectivity index (χ0) is 16.4. The molecule has 3 rings (SSSR count). The van der Waals surface area contributed by atoms with Crippen molar-refractivity contribution in [1.82, 2.24) is 15.3 Å². The number of nitrogens with zero attached hydrogens (tertiary/aromatic N) is 2. The summed E-state index contributed by atoms with van der Waals surface area (Å²) in [5.41, 5.74) is 4.90. The van der Waals surface area contributed by atoms with Gasteiger partial charge in [-0.1, -0.05) is 13.8 Å². The zero-order valence-electron chi connectivity index (χ0n) is 13.4. The second kappa shape index (κ2) is 6.50. The van der Waals surface area contributed by atoms with Crippen molar-refractivity contribution in [3.05, 3.63) is 45.7 Å². The number of hydrogen-bond acceptors (Lipinski definition) is 5. The smallest absolute Gasteiger partial charge is 0.251 e. The minimum absolute atomic E-state index is 0.0943. The van der Waals surface area contributed by atoms with Gasteiger partial charge in [0.15, 0.2) is 11.5 Å². The summed E-state index contributed by atoms with van der Waals surface area (Å²) in [4.78, 5) is 22.1. The summed E-state index contributed by atoms with van der Waals surface area (Å²) in [6, 6.07) is 5.35. The molecule has 5 nitrogen and oxygen atoms in total. The third kappa shape index (κ3) is 3.42. The summed E-state index contributed by atoms with van der Waals surface area (Å²) >= 11 is 1.62. The molecule has 2 aromatic heterocycles. The molecule has 0 atom stereocenters. The molecule has 6 heteroatoms. The summed E-state index contributed by atoms with van der Waals surface area (Å²) < 4.78 is 5.66. The molecule has 0 saturated heterocycles. The number of rotatable bonds is 5. The number of carbonyl (C=O) groups excluding carboxylic acids is 1. The highest BCUT2D eigenvalue weighted by Crippen LogP contribution is 2.22. The number of nitrogens with one attached hydrogen (secondary N) is 1. The maximum Gasteiger partial charge on any atom is 0.251 e. The lowest BCUT2D eigenvalue weighted by Gasteiger charge is -2.04. The first-order valence-corrected chi connectivity index (χ1v) is 8.50. The predicted octanol–water partition coefficient (Wildman–Crippen LogP) is 3.69. The summed E-state index contributed by atoms with van der Waals surface area (Å²) in [7, 11) is 0. The molecule has 2 heterocycles. The second-order valence-corrected chi connectivity index (χ2v) is 6.70. The van der Waals surface area contributed by atoms with Gasteiger partial charge in [0.05, 0.1) is 11.2 Å². The predicted molar refractivity (Wildman–Crippen MR) is 91.0 cm³/mol. The number of aromatic nitrogens is 2. The maximum absolute atomic E-state index is 12.3. The van der Waals surface area contributed by atoms with Crippen molar-refractivity contribution in [3.8, 4) is 0 Å². The Morgan fingerprint density at radius 2 is 2.22 bits per heavy atom. The first kappa shape index (κ1) is 15.7. The zero-order valence-corrected chi connectivity index (χ0v) is 14.2. The Morgan fingerprint density at radius 3 is 2.91 bits per heavy atom. The Labute approximate surface area is 138 Å². The SMILES string of the molecule is Cc1ncsc1CCNC(=O)c1ccc2oc(C(C)C)nc2c1. The van der Waals surface area contributed by atoms with Crippen LogP contribution in [0.4, 0.5) is 0 Å². The minimum atomic E-state index is -0.0943. The fourth-order valence-electron chi connectivity index (χ4n) is 2.29. The third-order valence-corrected chi connectivity index (χ3v) is 4.64. The Morgan fingerprint density at radius 1 is 1.39 bits per heavy atom. The highest BCUT2D eigenvalue weighted by atomic mass is 32.1. The molecule has 0 unspecified atom stereocenters. The first-order chi connectivity index (χ1) is 11.0. The van der Waals surface area contributed by atoms with Gasteiger partial charge in [-0.15, -0.1) is 11.3 Å². The fourth-order valence-corrected chi connectivity index (χ4v) is 3.07. The number of thiazole rings is 1. The molecule has 1 amide bonds. The van der Waals surface area contributed by atoms with Gasteiger partial charge in [0.25, 0.3) is 5.91 Å². The van der Waals surface area contributed by atoms with Gasteiger partial charge in [0, 0.05) is 29.3 Å². The molecule has 1 N–H and O–H groups in total. The minimum Gasteiger partial charge on any atom is -0.440 e. The summed E-state index contributed by atoms with van der Waals surface area (Å²) in [6.45, 7) is 6.63. The Bertz CT molecular complexity index is 835. The first-order valence-electron chi connectivity index (χ1n) is 7.62. The van der Waals surface area contributed by atoms with Gasteiger partial charge in [-0.2, -0.15) is 0 Å². The van der Waals surface area contributed by atoms with Crippen molar-refractivity contribution in [2.45, 2.75) is 33.1 Å². The lowest BCUT2D eigenvalue weighted by atomic mass is 10.2. The van der Waals surface area contributed by atoms with E-state index in [1.165, 1.54) is 4.88 Å². The highest BCUT2D eigenvalue weighted by Gasteiger charge is 2.12. The molecule has 0 bridgehead atoms. The molecule has 23 heavy (non-hydrogen) atoms. The van der Waals surface area contributed by atoms with E-state index < -0.39 is 0 Å². The number of fused-ring (bicyclic) bond motifs is 1. The van der Waals surface area contributed by atoms with Crippen LogP contribution in [0.2, 0.25) is 0 Å². The van der Waals surface area contributed by atoms with Crippen molar-refractivity contribution in [2.75, 3.05) is 6.54 Å². The lowest BCUT2D eigenvalue weighted by Crippen LogP contribution is -2.25. The van der Waals surface area contributed by atoms with Gasteiger partial charge in [-0.3, -0.25) is 4.79 Å². The van der Waals surface area contributed by atoms with Crippen LogP contribution in [0.5, 0.6) is 0 Å². The summed E-state index contributed by atoms with van der Waals surface area (Å²) in [6.07, 6.45) is 0.798. The van der Waals surface area contributed by atoms with E-state index in [-0.39, 0.29) is 11.8 Å². The quantitative estimate of drug-likeness (QED) is 0.775. The molecule has 0 aliphatic heterocycles. The Hall–Kier alpha value is -2.21. The van der Waals surface area contributed by atoms with Crippen LogP contribution in [0.1, 0.15) is 46.6 Å². The average Bonchev–Trinajstić information content (AvgIpc) is 3.12. The van der Waals surface area contributed by atoms with E-state index in [1.54, 1.807) is 29.5 Å². The van der Waals surface area contributed by atoms with Crippen LogP contribution >= 0.6 is 11.3 Å². The highest BCUT2D eigenvalue weighted by molar-refractivity contribution is 7.09. The largest absolute Gasteiger partial charge is 0.440 e. The van der Waals surface area contributed by atoms with Crippen LogP contribution in [0, 0.1) is 6.92 Å². The molecule has 0 spiro atoms. The number of amides is 1. The summed E-state index contributed by atoms with van der Waals surface area (Å²) in [5.74, 6) is 0.823. The van der Waals surface area contributed by atoms with Gasteiger partial charge in [-0.25, -0.2) is 9.97 Å². The number of oxazole rings is 1. The van der Waals surface area contributed by atoms with E-state index >= 15 is 0 Å². The number of aryl methyl sites for hydroxylation is 1. The van der Waals surface area contributed by atoms with Gasteiger partial charge >= 0.3 is 0 Å². The molecule has 120 valence electrons. The van der Waals surface area contributed by atoms with Gasteiger partial charge in [0.1, 0.15) is 5.52 Å². The topological polar surface area (TPSA) is 68.0 Å². The molecule has 0 aliphatic rings. The molecule has 3 aromatic rings. The van der Waals surface area contributed by atoms with E-state index in [2.05, 4.69) is 15.3 Å². The van der Waals surface area contributed by atoms with E-state index in [1.807, 2.05) is 26.3 Å². The molecular weight excluding hydrogens is 310 g/mol. The van der Waals surface area contributed by atoms with Crippen LogP contribution in [-0.2, 0) is 6.42 Å². The van der Waals surface area contributed by atoms with E-state index in [4.69, 9.17) is 4.42 Å². The van der Waals surface area contributed by atoms with Crippen molar-refractivity contribution in [1.29, 1.82) is 0 Å². The van der Waals surface area contributed by atoms with Gasteiger partial charge < -0.3 is 9.73 Å². The number of hydrogen-bond donors (Lipinski definition) is 1. The Kier molecular flexibility index (Phi) is 4.43. The molecule has 0 radical (unpaired) electrons. The summed E-state index contributed by atoms with van der Waals surface area (Å²) in [5, 5.41) is 2.94. The Balaban J connectivity index is 1.67. The maximum atomic E-state index is 12.3. The average molecular weight is 329 g/mol. The normalized spacial score (nSPS) is 11.3. The van der Waals surface area contributed by atoms with Crippen molar-refractivity contribution in [3.63, 3.8) is 0 Å². The molecule has 1 aromatic carbocycles. The van der Waals surface area contributed by atoms with Crippen LogP contribution in [-0.4, -0.2) is 22.4 Å². The second-order valence-electron chi connectivity index (χ2n) is 5.76. The van der Waals surface area contributed by atoms with Gasteiger partial charge in [-0.05, 0) is 25.1 Å². The van der Waals surface area contributed by atoms with Crippen LogP contribution in [0.25, 0.3) is 11.1 Å². The lowest BCUT2D eigenvalue weighted by molar-refractivity contribution is 0.0954. The van der Waals surface area contributed by atoms with Crippen molar-refractivity contribution in [2.24, 2.45) is 0 Å². The third-order valence-electron chi connectivity index (χ3n) is 3.64. The van der Waals surface area contributed by atoms with Crippen LogP contribution in [0.15, 0.2) is 28.1 Å². The van der Waals surface area contributed by atoms with Crippen LogP contribution in [0.3, 0.4) is 0 Å². The van der Waals surface area contributed by atoms with Gasteiger partial charge in [0.2, 0.25) is 0 Å². The molecular formula is C17H19N3O2S. The monoisotopic (exact) mass is 329 g/mol.